The number of carbonyl (C=O) groups is 1. The summed E-state index contributed by atoms with van der Waals surface area (Å²) in [5.74, 6) is 0.0259. The molecule has 1 amide bonds. The Bertz CT molecular complexity index is 301. The second kappa shape index (κ2) is 3.99. The standard InChI is InChI=1S/C11H17Cl2NO/c1-5-14(6-8(2)3)9(15)10(4)7-11(10,12)13/h2,5-7H2,1,3-4H3/t10-/m1/s1. The lowest BCUT2D eigenvalue weighted by Crippen LogP contribution is -2.39. The van der Waals surface area contributed by atoms with Crippen LogP contribution in [0.3, 0.4) is 0 Å². The Morgan fingerprint density at radius 2 is 2.00 bits per heavy atom. The molecule has 86 valence electrons. The first-order valence-electron chi connectivity index (χ1n) is 5.06. The van der Waals surface area contributed by atoms with E-state index in [1.807, 2.05) is 20.8 Å². The topological polar surface area (TPSA) is 20.3 Å². The van der Waals surface area contributed by atoms with Crippen molar-refractivity contribution in [3.8, 4) is 0 Å². The highest BCUT2D eigenvalue weighted by Crippen LogP contribution is 2.64. The molecule has 0 saturated heterocycles. The number of carbonyl (C=O) groups excluding carboxylic acids is 1. The minimum atomic E-state index is -0.882. The van der Waals surface area contributed by atoms with Gasteiger partial charge in [0, 0.05) is 13.1 Å². The third-order valence-corrected chi connectivity index (χ3v) is 3.96. The molecular weight excluding hydrogens is 233 g/mol. The predicted molar refractivity (Wildman–Crippen MR) is 64.2 cm³/mol. The van der Waals surface area contributed by atoms with Crippen LogP contribution in [0.1, 0.15) is 27.2 Å². The van der Waals surface area contributed by atoms with Crippen molar-refractivity contribution < 1.29 is 4.79 Å². The second-order valence-electron chi connectivity index (χ2n) is 4.49. The molecule has 0 bridgehead atoms. The number of nitrogens with zero attached hydrogens (tertiary/aromatic N) is 1. The van der Waals surface area contributed by atoms with E-state index in [0.29, 0.717) is 19.5 Å². The van der Waals surface area contributed by atoms with Crippen LogP contribution in [0.2, 0.25) is 0 Å². The Morgan fingerprint density at radius 3 is 2.27 bits per heavy atom. The maximum Gasteiger partial charge on any atom is 0.231 e. The normalized spacial score (nSPS) is 27.3. The first-order chi connectivity index (χ1) is 6.74. The van der Waals surface area contributed by atoms with Crippen molar-refractivity contribution in [1.29, 1.82) is 0 Å². The number of alkyl halides is 2. The number of rotatable bonds is 4. The summed E-state index contributed by atoms with van der Waals surface area (Å²) in [4.78, 5) is 13.9. The number of hydrogen-bond acceptors (Lipinski definition) is 1. The number of hydrogen-bond donors (Lipinski definition) is 0. The predicted octanol–water partition coefficient (Wildman–Crippen LogP) is 2.99. The second-order valence-corrected chi connectivity index (χ2v) is 5.97. The molecule has 1 rings (SSSR count). The van der Waals surface area contributed by atoms with Crippen LogP contribution in [-0.4, -0.2) is 28.2 Å². The Labute approximate surface area is 101 Å². The highest BCUT2D eigenvalue weighted by Gasteiger charge is 2.68. The van der Waals surface area contributed by atoms with Crippen molar-refractivity contribution in [1.82, 2.24) is 4.90 Å². The Hall–Kier alpha value is -0.210. The van der Waals surface area contributed by atoms with Gasteiger partial charge in [-0.2, -0.15) is 0 Å². The van der Waals surface area contributed by atoms with Crippen LogP contribution in [0.4, 0.5) is 0 Å². The third-order valence-electron chi connectivity index (χ3n) is 2.86. The van der Waals surface area contributed by atoms with Crippen LogP contribution in [0.5, 0.6) is 0 Å². The van der Waals surface area contributed by atoms with Crippen LogP contribution in [0.25, 0.3) is 0 Å². The zero-order valence-corrected chi connectivity index (χ0v) is 11.0. The van der Waals surface area contributed by atoms with E-state index < -0.39 is 9.75 Å². The maximum absolute atomic E-state index is 12.1. The van der Waals surface area contributed by atoms with Gasteiger partial charge in [0.2, 0.25) is 5.91 Å². The molecule has 0 unspecified atom stereocenters. The van der Waals surface area contributed by atoms with Crippen molar-refractivity contribution in [2.24, 2.45) is 5.41 Å². The molecule has 1 fully saturated rings. The van der Waals surface area contributed by atoms with Crippen LogP contribution in [0, 0.1) is 5.41 Å². The van der Waals surface area contributed by atoms with E-state index in [1.54, 1.807) is 4.90 Å². The van der Waals surface area contributed by atoms with Gasteiger partial charge in [0.25, 0.3) is 0 Å². The van der Waals surface area contributed by atoms with Crippen LogP contribution in [0.15, 0.2) is 12.2 Å². The minimum Gasteiger partial charge on any atom is -0.338 e. The fraction of sp³-hybridized carbons (Fsp3) is 0.727. The first kappa shape index (κ1) is 12.9. The summed E-state index contributed by atoms with van der Waals surface area (Å²) in [6.07, 6.45) is 0.536. The average molecular weight is 250 g/mol. The van der Waals surface area contributed by atoms with E-state index in [0.717, 1.165) is 5.57 Å². The molecule has 0 N–H and O–H groups in total. The highest BCUT2D eigenvalue weighted by atomic mass is 35.5. The fourth-order valence-corrected chi connectivity index (χ4v) is 2.33. The molecule has 0 radical (unpaired) electrons. The van der Waals surface area contributed by atoms with Crippen molar-refractivity contribution in [2.45, 2.75) is 31.5 Å². The first-order valence-corrected chi connectivity index (χ1v) is 5.82. The molecule has 1 aliphatic rings. The largest absolute Gasteiger partial charge is 0.338 e. The smallest absolute Gasteiger partial charge is 0.231 e. The molecular formula is C11H17Cl2NO. The van der Waals surface area contributed by atoms with Gasteiger partial charge in [0.1, 0.15) is 4.33 Å². The lowest BCUT2D eigenvalue weighted by molar-refractivity contribution is -0.135. The van der Waals surface area contributed by atoms with Crippen LogP contribution >= 0.6 is 23.2 Å². The summed E-state index contributed by atoms with van der Waals surface area (Å²) < 4.78 is -0.882. The zero-order valence-electron chi connectivity index (χ0n) is 9.44. The van der Waals surface area contributed by atoms with Crippen LogP contribution < -0.4 is 0 Å². The average Bonchev–Trinajstić information content (AvgIpc) is 2.62. The Kier molecular flexibility index (Phi) is 3.42. The molecule has 4 heteroatoms. The van der Waals surface area contributed by atoms with Crippen molar-refractivity contribution in [2.75, 3.05) is 13.1 Å². The lowest BCUT2D eigenvalue weighted by Gasteiger charge is -2.25. The van der Waals surface area contributed by atoms with Gasteiger partial charge in [-0.15, -0.1) is 23.2 Å². The quantitative estimate of drug-likeness (QED) is 0.554. The van der Waals surface area contributed by atoms with E-state index >= 15 is 0 Å². The van der Waals surface area contributed by atoms with Crippen molar-refractivity contribution in [3.63, 3.8) is 0 Å². The monoisotopic (exact) mass is 249 g/mol. The van der Waals surface area contributed by atoms with Crippen molar-refractivity contribution >= 4 is 29.1 Å². The Balaban J connectivity index is 2.71. The Morgan fingerprint density at radius 1 is 1.53 bits per heavy atom. The van der Waals surface area contributed by atoms with Crippen molar-refractivity contribution in [3.05, 3.63) is 12.2 Å². The molecule has 1 saturated carbocycles. The van der Waals surface area contributed by atoms with E-state index in [1.165, 1.54) is 0 Å². The summed E-state index contributed by atoms with van der Waals surface area (Å²) in [5, 5.41) is 0. The summed E-state index contributed by atoms with van der Waals surface area (Å²) in [6, 6.07) is 0. The van der Waals surface area contributed by atoms with Gasteiger partial charge in [-0.05, 0) is 27.2 Å². The van der Waals surface area contributed by atoms with E-state index in [4.69, 9.17) is 23.2 Å². The molecule has 1 aliphatic carbocycles. The molecule has 1 atom stereocenters. The number of amides is 1. The molecule has 2 nitrogen and oxygen atoms in total. The van der Waals surface area contributed by atoms with Gasteiger partial charge in [-0.1, -0.05) is 12.2 Å². The van der Waals surface area contributed by atoms with E-state index in [-0.39, 0.29) is 5.91 Å². The van der Waals surface area contributed by atoms with Gasteiger partial charge < -0.3 is 4.90 Å². The van der Waals surface area contributed by atoms with Gasteiger partial charge in [0.05, 0.1) is 5.41 Å². The molecule has 0 aliphatic heterocycles. The fourth-order valence-electron chi connectivity index (χ4n) is 1.63. The SMILES string of the molecule is C=C(C)CN(CC)C(=O)[C@@]1(C)CC1(Cl)Cl. The molecule has 0 aromatic carbocycles. The molecule has 0 aromatic heterocycles. The maximum atomic E-state index is 12.1. The van der Waals surface area contributed by atoms with Gasteiger partial charge >= 0.3 is 0 Å². The zero-order chi connectivity index (χ0) is 11.9. The number of likely N-dealkylation sites (N-methyl/N-ethyl adjacent to an activating group) is 1. The number of halogens is 2. The van der Waals surface area contributed by atoms with Gasteiger partial charge in [0.15, 0.2) is 0 Å². The summed E-state index contributed by atoms with van der Waals surface area (Å²) in [5.41, 5.74) is 0.353. The summed E-state index contributed by atoms with van der Waals surface area (Å²) in [7, 11) is 0. The third kappa shape index (κ3) is 2.31. The molecule has 0 heterocycles. The molecule has 0 spiro atoms. The van der Waals surface area contributed by atoms with Gasteiger partial charge in [-0.25, -0.2) is 0 Å². The molecule has 0 aromatic rings. The van der Waals surface area contributed by atoms with Gasteiger partial charge in [-0.3, -0.25) is 4.79 Å². The lowest BCUT2D eigenvalue weighted by atomic mass is 10.1. The summed E-state index contributed by atoms with van der Waals surface area (Å²) in [6.45, 7) is 10.7. The minimum absolute atomic E-state index is 0.0259. The highest BCUT2D eigenvalue weighted by molar-refractivity contribution is 6.53. The van der Waals surface area contributed by atoms with E-state index in [2.05, 4.69) is 6.58 Å². The van der Waals surface area contributed by atoms with Crippen LogP contribution in [-0.2, 0) is 4.79 Å². The van der Waals surface area contributed by atoms with E-state index in [9.17, 15) is 4.79 Å². The molecule has 15 heavy (non-hydrogen) atoms. The summed E-state index contributed by atoms with van der Waals surface area (Å²) >= 11 is 12.0.